The normalized spacial score (nSPS) is 10.7. The van der Waals surface area contributed by atoms with E-state index < -0.39 is 5.82 Å². The fraction of sp³-hybridized carbons (Fsp3) is 0.211. The second kappa shape index (κ2) is 7.25. The number of anilines is 1. The molecule has 5 nitrogen and oxygen atoms in total. The molecule has 0 saturated heterocycles. The lowest BCUT2D eigenvalue weighted by molar-refractivity contribution is -0.116. The number of rotatable bonds is 5. The van der Waals surface area contributed by atoms with E-state index in [4.69, 9.17) is 4.42 Å². The van der Waals surface area contributed by atoms with Crippen LogP contribution in [0.3, 0.4) is 0 Å². The van der Waals surface area contributed by atoms with Crippen LogP contribution in [0.4, 0.5) is 10.1 Å². The zero-order valence-electron chi connectivity index (χ0n) is 14.0. The first-order valence-electron chi connectivity index (χ1n) is 7.97. The Balaban J connectivity index is 1.60. The first kappa shape index (κ1) is 16.8. The molecule has 0 fully saturated rings. The Kier molecular flexibility index (Phi) is 4.88. The number of hydrogen-bond acceptors (Lipinski definition) is 4. The van der Waals surface area contributed by atoms with Crippen molar-refractivity contribution in [1.82, 2.24) is 10.2 Å². The van der Waals surface area contributed by atoms with Gasteiger partial charge >= 0.3 is 0 Å². The van der Waals surface area contributed by atoms with Gasteiger partial charge in [0.1, 0.15) is 5.82 Å². The predicted octanol–water partition coefficient (Wildman–Crippen LogP) is 4.06. The lowest BCUT2D eigenvalue weighted by Gasteiger charge is -2.06. The number of nitrogens with zero attached hydrogens (tertiary/aromatic N) is 2. The van der Waals surface area contributed by atoms with Gasteiger partial charge in [0.25, 0.3) is 5.89 Å². The van der Waals surface area contributed by atoms with E-state index in [1.54, 1.807) is 18.2 Å². The first-order valence-corrected chi connectivity index (χ1v) is 7.97. The van der Waals surface area contributed by atoms with Crippen molar-refractivity contribution >= 4 is 11.6 Å². The van der Waals surface area contributed by atoms with Gasteiger partial charge in [-0.05, 0) is 49.2 Å². The molecule has 128 valence electrons. The van der Waals surface area contributed by atoms with Crippen LogP contribution in [0, 0.1) is 19.7 Å². The smallest absolute Gasteiger partial charge is 0.250 e. The average molecular weight is 339 g/mol. The van der Waals surface area contributed by atoms with E-state index in [2.05, 4.69) is 15.5 Å². The van der Waals surface area contributed by atoms with E-state index in [1.165, 1.54) is 6.07 Å². The van der Waals surface area contributed by atoms with E-state index in [-0.39, 0.29) is 30.2 Å². The molecule has 0 spiro atoms. The highest BCUT2D eigenvalue weighted by Crippen LogP contribution is 2.21. The van der Waals surface area contributed by atoms with Crippen molar-refractivity contribution in [1.29, 1.82) is 0 Å². The third kappa shape index (κ3) is 4.29. The third-order valence-corrected chi connectivity index (χ3v) is 3.64. The van der Waals surface area contributed by atoms with Crippen LogP contribution in [0.25, 0.3) is 11.5 Å². The van der Waals surface area contributed by atoms with Gasteiger partial charge in [-0.1, -0.05) is 18.2 Å². The molecule has 3 aromatic rings. The Morgan fingerprint density at radius 2 is 1.84 bits per heavy atom. The molecule has 0 saturated carbocycles. The molecule has 0 aliphatic carbocycles. The minimum atomic E-state index is -0.426. The van der Waals surface area contributed by atoms with Gasteiger partial charge in [0.2, 0.25) is 11.8 Å². The van der Waals surface area contributed by atoms with Gasteiger partial charge in [-0.15, -0.1) is 10.2 Å². The Bertz CT molecular complexity index is 885. The molecule has 0 aliphatic heterocycles. The van der Waals surface area contributed by atoms with Crippen molar-refractivity contribution in [3.8, 4) is 11.5 Å². The molecule has 0 bridgehead atoms. The van der Waals surface area contributed by atoms with Crippen LogP contribution in [0.1, 0.15) is 23.4 Å². The minimum absolute atomic E-state index is 0.114. The average Bonchev–Trinajstić information content (AvgIpc) is 3.01. The second-order valence-corrected chi connectivity index (χ2v) is 5.91. The van der Waals surface area contributed by atoms with Gasteiger partial charge in [0.15, 0.2) is 0 Å². The van der Waals surface area contributed by atoms with Crippen molar-refractivity contribution in [2.45, 2.75) is 26.7 Å². The van der Waals surface area contributed by atoms with Crippen LogP contribution in [-0.2, 0) is 11.2 Å². The number of benzene rings is 2. The summed E-state index contributed by atoms with van der Waals surface area (Å²) in [6.07, 6.45) is 0.490. The molecule has 1 N–H and O–H groups in total. The molecule has 0 unspecified atom stereocenters. The third-order valence-electron chi connectivity index (χ3n) is 3.64. The second-order valence-electron chi connectivity index (χ2n) is 5.91. The van der Waals surface area contributed by atoms with Crippen molar-refractivity contribution in [2.75, 3.05) is 5.32 Å². The molecule has 25 heavy (non-hydrogen) atoms. The number of aryl methyl sites for hydroxylation is 3. The van der Waals surface area contributed by atoms with Gasteiger partial charge in [0, 0.05) is 18.5 Å². The molecule has 1 aromatic heterocycles. The lowest BCUT2D eigenvalue weighted by Crippen LogP contribution is -2.12. The number of carbonyl (C=O) groups excluding carboxylic acids is 1. The maximum atomic E-state index is 13.7. The molecule has 3 rings (SSSR count). The molecule has 0 atom stereocenters. The summed E-state index contributed by atoms with van der Waals surface area (Å²) in [5.74, 6) is -0.155. The van der Waals surface area contributed by atoms with E-state index >= 15 is 0 Å². The molecule has 6 heteroatoms. The van der Waals surface area contributed by atoms with E-state index in [0.717, 1.165) is 16.8 Å². The molecule has 1 amide bonds. The summed E-state index contributed by atoms with van der Waals surface area (Å²) >= 11 is 0. The number of hydrogen-bond donors (Lipinski definition) is 1. The van der Waals surface area contributed by atoms with Gasteiger partial charge in [-0.25, -0.2) is 4.39 Å². The number of aromatic nitrogens is 2. The van der Waals surface area contributed by atoms with Crippen LogP contribution in [0.15, 0.2) is 46.9 Å². The standard InChI is InChI=1S/C19H18FN3O2/c1-12-9-13(2)11-14(10-12)21-17(24)7-8-18-22-23-19(25-18)15-5-3-4-6-16(15)20/h3-6,9-11H,7-8H2,1-2H3,(H,21,24). The summed E-state index contributed by atoms with van der Waals surface area (Å²) in [5.41, 5.74) is 3.18. The summed E-state index contributed by atoms with van der Waals surface area (Å²) in [6.45, 7) is 3.96. The summed E-state index contributed by atoms with van der Waals surface area (Å²) in [5, 5.41) is 10.6. The van der Waals surface area contributed by atoms with E-state index in [0.29, 0.717) is 5.89 Å². The number of amides is 1. The zero-order chi connectivity index (χ0) is 17.8. The maximum absolute atomic E-state index is 13.7. The lowest BCUT2D eigenvalue weighted by atomic mass is 10.1. The molecule has 0 aliphatic rings. The van der Waals surface area contributed by atoms with Crippen molar-refractivity contribution in [3.05, 3.63) is 65.3 Å². The van der Waals surface area contributed by atoms with Crippen LogP contribution in [-0.4, -0.2) is 16.1 Å². The van der Waals surface area contributed by atoms with Crippen molar-refractivity contribution in [3.63, 3.8) is 0 Å². The summed E-state index contributed by atoms with van der Waals surface area (Å²) in [6, 6.07) is 12.0. The topological polar surface area (TPSA) is 68.0 Å². The quantitative estimate of drug-likeness (QED) is 0.761. The monoisotopic (exact) mass is 339 g/mol. The highest BCUT2D eigenvalue weighted by Gasteiger charge is 2.13. The Labute approximate surface area is 144 Å². The number of carbonyl (C=O) groups is 1. The predicted molar refractivity (Wildman–Crippen MR) is 92.6 cm³/mol. The first-order chi connectivity index (χ1) is 12.0. The highest BCUT2D eigenvalue weighted by molar-refractivity contribution is 5.90. The zero-order valence-corrected chi connectivity index (χ0v) is 14.0. The Morgan fingerprint density at radius 3 is 2.56 bits per heavy atom. The van der Waals surface area contributed by atoms with Crippen LogP contribution >= 0.6 is 0 Å². The highest BCUT2D eigenvalue weighted by atomic mass is 19.1. The van der Waals surface area contributed by atoms with Crippen LogP contribution in [0.2, 0.25) is 0 Å². The van der Waals surface area contributed by atoms with Crippen LogP contribution < -0.4 is 5.32 Å². The van der Waals surface area contributed by atoms with Gasteiger partial charge in [-0.3, -0.25) is 4.79 Å². The van der Waals surface area contributed by atoms with Crippen molar-refractivity contribution < 1.29 is 13.6 Å². The van der Waals surface area contributed by atoms with Gasteiger partial charge < -0.3 is 9.73 Å². The fourth-order valence-electron chi connectivity index (χ4n) is 2.59. The fourth-order valence-corrected chi connectivity index (χ4v) is 2.59. The molecule has 0 radical (unpaired) electrons. The summed E-state index contributed by atoms with van der Waals surface area (Å²) in [7, 11) is 0. The molecular weight excluding hydrogens is 321 g/mol. The van der Waals surface area contributed by atoms with Gasteiger partial charge in [0.05, 0.1) is 5.56 Å². The molecule has 2 aromatic carbocycles. The number of nitrogens with one attached hydrogen (secondary N) is 1. The van der Waals surface area contributed by atoms with E-state index in [9.17, 15) is 9.18 Å². The summed E-state index contributed by atoms with van der Waals surface area (Å²) < 4.78 is 19.2. The number of halogens is 1. The van der Waals surface area contributed by atoms with Crippen LogP contribution in [0.5, 0.6) is 0 Å². The van der Waals surface area contributed by atoms with E-state index in [1.807, 2.05) is 32.0 Å². The summed E-state index contributed by atoms with van der Waals surface area (Å²) in [4.78, 5) is 12.1. The maximum Gasteiger partial charge on any atom is 0.250 e. The van der Waals surface area contributed by atoms with Gasteiger partial charge in [-0.2, -0.15) is 0 Å². The molecular formula is C19H18FN3O2. The minimum Gasteiger partial charge on any atom is -0.421 e. The molecule has 1 heterocycles. The Hall–Kier alpha value is -3.02. The SMILES string of the molecule is Cc1cc(C)cc(NC(=O)CCc2nnc(-c3ccccc3F)o2)c1. The Morgan fingerprint density at radius 1 is 1.12 bits per heavy atom. The van der Waals surface area contributed by atoms with Crippen molar-refractivity contribution in [2.24, 2.45) is 0 Å². The largest absolute Gasteiger partial charge is 0.421 e.